The first kappa shape index (κ1) is 35.2. The molecule has 5 atom stereocenters. The predicted octanol–water partition coefficient (Wildman–Crippen LogP) is 6.14. The molecular weight excluding hydrogens is 668 g/mol. The largest absolute Gasteiger partial charge is 0.461 e. The van der Waals surface area contributed by atoms with Gasteiger partial charge in [-0.1, -0.05) is 72.8 Å². The Morgan fingerprint density at radius 3 is 1.35 bits per heavy atom. The monoisotopic (exact) mass is 700 g/mol. The van der Waals surface area contributed by atoms with Gasteiger partial charge in [0, 0.05) is 5.56 Å². The van der Waals surface area contributed by atoms with Gasteiger partial charge in [-0.25, -0.2) is 19.2 Å². The van der Waals surface area contributed by atoms with Gasteiger partial charge in [-0.2, -0.15) is 0 Å². The summed E-state index contributed by atoms with van der Waals surface area (Å²) in [6.07, 6.45) is -6.81. The molecule has 1 aliphatic rings. The summed E-state index contributed by atoms with van der Waals surface area (Å²) in [6, 6.07) is 38.4. The van der Waals surface area contributed by atoms with Gasteiger partial charge in [-0.05, 0) is 72.8 Å². The molecule has 0 bridgehead atoms. The molecular formula is C41H32O11. The van der Waals surface area contributed by atoms with Gasteiger partial charge in [0.1, 0.15) is 24.7 Å². The number of aldehydes is 1. The number of ether oxygens (including phenoxy) is 6. The Morgan fingerprint density at radius 1 is 0.500 bits per heavy atom. The van der Waals surface area contributed by atoms with Gasteiger partial charge in [0.2, 0.25) is 12.4 Å². The molecule has 11 heteroatoms. The molecule has 1 heterocycles. The Balaban J connectivity index is 1.42. The van der Waals surface area contributed by atoms with E-state index >= 15 is 0 Å². The maximum absolute atomic E-state index is 13.7. The normalized spacial score (nSPS) is 19.3. The van der Waals surface area contributed by atoms with Crippen LogP contribution in [0.4, 0.5) is 0 Å². The minimum atomic E-state index is -1.57. The fourth-order valence-electron chi connectivity index (χ4n) is 5.38. The summed E-state index contributed by atoms with van der Waals surface area (Å²) >= 11 is 0. The van der Waals surface area contributed by atoms with E-state index in [0.717, 1.165) is 0 Å². The topological polar surface area (TPSA) is 141 Å². The molecule has 52 heavy (non-hydrogen) atoms. The van der Waals surface area contributed by atoms with Crippen LogP contribution in [-0.2, 0) is 23.7 Å². The summed E-state index contributed by atoms with van der Waals surface area (Å²) in [5.41, 5.74) is 1.12. The summed E-state index contributed by atoms with van der Waals surface area (Å²) in [7, 11) is 0. The van der Waals surface area contributed by atoms with E-state index in [4.69, 9.17) is 28.4 Å². The van der Waals surface area contributed by atoms with Crippen molar-refractivity contribution < 1.29 is 52.4 Å². The fraction of sp³-hybridized carbons (Fsp3) is 0.146. The Hall–Kier alpha value is -6.59. The summed E-state index contributed by atoms with van der Waals surface area (Å²) < 4.78 is 36.2. The molecule has 5 aromatic carbocycles. The molecule has 1 fully saturated rings. The van der Waals surface area contributed by atoms with Crippen LogP contribution in [0.25, 0.3) is 0 Å². The molecule has 0 aromatic heterocycles. The molecule has 0 aliphatic carbocycles. The number of carbonyl (C=O) groups is 5. The molecule has 0 N–H and O–H groups in total. The summed E-state index contributed by atoms with van der Waals surface area (Å²) in [4.78, 5) is 65.3. The van der Waals surface area contributed by atoms with Crippen LogP contribution in [0.1, 0.15) is 51.8 Å². The molecule has 0 amide bonds. The second kappa shape index (κ2) is 16.9. The molecule has 5 aromatic rings. The zero-order valence-electron chi connectivity index (χ0n) is 27.5. The number of esters is 4. The van der Waals surface area contributed by atoms with Crippen LogP contribution < -0.4 is 4.74 Å². The van der Waals surface area contributed by atoms with E-state index in [-0.39, 0.29) is 28.0 Å². The summed E-state index contributed by atoms with van der Waals surface area (Å²) in [5, 5.41) is 0. The van der Waals surface area contributed by atoms with Crippen molar-refractivity contribution in [3.63, 3.8) is 0 Å². The summed E-state index contributed by atoms with van der Waals surface area (Å²) in [5.74, 6) is -2.96. The van der Waals surface area contributed by atoms with Gasteiger partial charge >= 0.3 is 23.9 Å². The molecule has 6 rings (SSSR count). The summed E-state index contributed by atoms with van der Waals surface area (Å²) in [6.45, 7) is -0.497. The van der Waals surface area contributed by atoms with E-state index in [2.05, 4.69) is 0 Å². The number of benzene rings is 5. The molecule has 11 nitrogen and oxygen atoms in total. The first-order valence-corrected chi connectivity index (χ1v) is 16.3. The minimum Gasteiger partial charge on any atom is -0.461 e. The molecule has 0 unspecified atom stereocenters. The molecule has 0 spiro atoms. The van der Waals surface area contributed by atoms with Crippen molar-refractivity contribution in [1.29, 1.82) is 0 Å². The van der Waals surface area contributed by atoms with Crippen molar-refractivity contribution in [2.45, 2.75) is 30.7 Å². The van der Waals surface area contributed by atoms with Crippen molar-refractivity contribution in [3.05, 3.63) is 173 Å². The number of carbonyl (C=O) groups excluding carboxylic acids is 5. The Kier molecular flexibility index (Phi) is 11.4. The average molecular weight is 701 g/mol. The van der Waals surface area contributed by atoms with E-state index in [1.54, 1.807) is 84.9 Å². The van der Waals surface area contributed by atoms with Crippen molar-refractivity contribution in [2.24, 2.45) is 0 Å². The zero-order chi connectivity index (χ0) is 36.3. The van der Waals surface area contributed by atoms with Crippen molar-refractivity contribution in [3.8, 4) is 5.75 Å². The van der Waals surface area contributed by atoms with Crippen LogP contribution in [0.15, 0.2) is 146 Å². The number of hydrogen-bond acceptors (Lipinski definition) is 11. The van der Waals surface area contributed by atoms with Crippen molar-refractivity contribution in [2.75, 3.05) is 6.61 Å². The Labute approximate surface area is 298 Å². The molecule has 1 aliphatic heterocycles. The predicted molar refractivity (Wildman–Crippen MR) is 185 cm³/mol. The van der Waals surface area contributed by atoms with Crippen LogP contribution in [0.2, 0.25) is 0 Å². The lowest BCUT2D eigenvalue weighted by molar-refractivity contribution is -0.275. The van der Waals surface area contributed by atoms with Gasteiger partial charge in [-0.15, -0.1) is 0 Å². The van der Waals surface area contributed by atoms with E-state index in [1.165, 1.54) is 60.7 Å². The highest BCUT2D eigenvalue weighted by Gasteiger charge is 2.54. The zero-order valence-corrected chi connectivity index (χ0v) is 27.5. The molecule has 262 valence electrons. The van der Waals surface area contributed by atoms with Crippen LogP contribution in [0.3, 0.4) is 0 Å². The van der Waals surface area contributed by atoms with Gasteiger partial charge in [-0.3, -0.25) is 4.79 Å². The second-order valence-corrected chi connectivity index (χ2v) is 11.5. The van der Waals surface area contributed by atoms with Crippen LogP contribution in [0, 0.1) is 0 Å². The van der Waals surface area contributed by atoms with Gasteiger partial charge < -0.3 is 28.4 Å². The SMILES string of the molecule is O=Cc1ccc(O[C@@H]2O[C@H](COC(=O)c3ccccc3)[C@@H](OC(=O)c3ccccc3)[C@@H](OC(=O)c3ccccc3)[C@H]2OC(=O)c2ccccc2)cc1. The number of rotatable bonds is 12. The van der Waals surface area contributed by atoms with Gasteiger partial charge in [0.05, 0.1) is 22.3 Å². The first-order chi connectivity index (χ1) is 25.4. The Morgan fingerprint density at radius 2 is 0.904 bits per heavy atom. The van der Waals surface area contributed by atoms with E-state index in [0.29, 0.717) is 11.8 Å². The van der Waals surface area contributed by atoms with Gasteiger partial charge in [0.15, 0.2) is 12.2 Å². The Bertz CT molecular complexity index is 1970. The van der Waals surface area contributed by atoms with E-state index in [1.807, 2.05) is 0 Å². The standard InChI is InChI=1S/C41H32O11/c42-25-27-21-23-32(24-22-27)48-41-36(52-40(46)31-19-11-4-12-20-31)35(51-39(45)30-17-9-3-10-18-30)34(50-38(44)29-15-7-2-8-16-29)33(49-41)26-47-37(43)28-13-5-1-6-14-28/h1-25,33-36,41H,26H2/t33-,34-,35-,36-,41-/m1/s1. The van der Waals surface area contributed by atoms with Crippen molar-refractivity contribution in [1.82, 2.24) is 0 Å². The molecule has 0 radical (unpaired) electrons. The van der Waals surface area contributed by atoms with E-state index in [9.17, 15) is 24.0 Å². The highest BCUT2D eigenvalue weighted by molar-refractivity contribution is 5.91. The maximum atomic E-state index is 13.7. The maximum Gasteiger partial charge on any atom is 0.338 e. The first-order valence-electron chi connectivity index (χ1n) is 16.3. The average Bonchev–Trinajstić information content (AvgIpc) is 3.20. The third kappa shape index (κ3) is 8.76. The third-order valence-electron chi connectivity index (χ3n) is 8.01. The second-order valence-electron chi connectivity index (χ2n) is 11.5. The van der Waals surface area contributed by atoms with E-state index < -0.39 is 61.2 Å². The lowest BCUT2D eigenvalue weighted by Crippen LogP contribution is -2.63. The van der Waals surface area contributed by atoms with Crippen LogP contribution in [0.5, 0.6) is 5.75 Å². The smallest absolute Gasteiger partial charge is 0.338 e. The number of hydrogen-bond donors (Lipinski definition) is 0. The lowest BCUT2D eigenvalue weighted by atomic mass is 9.97. The molecule has 1 saturated heterocycles. The lowest BCUT2D eigenvalue weighted by Gasteiger charge is -2.44. The highest BCUT2D eigenvalue weighted by atomic mass is 16.7. The fourth-order valence-corrected chi connectivity index (χ4v) is 5.38. The minimum absolute atomic E-state index is 0.157. The van der Waals surface area contributed by atoms with Crippen LogP contribution in [-0.4, -0.2) is 67.5 Å². The molecule has 0 saturated carbocycles. The van der Waals surface area contributed by atoms with Crippen LogP contribution >= 0.6 is 0 Å². The van der Waals surface area contributed by atoms with Gasteiger partial charge in [0.25, 0.3) is 0 Å². The third-order valence-corrected chi connectivity index (χ3v) is 8.01. The highest BCUT2D eigenvalue weighted by Crippen LogP contribution is 2.32. The quantitative estimate of drug-likeness (QED) is 0.0843. The van der Waals surface area contributed by atoms with Crippen molar-refractivity contribution >= 4 is 30.2 Å².